The zero-order valence-electron chi connectivity index (χ0n) is 10.1. The van der Waals surface area contributed by atoms with Crippen LogP contribution in [0.2, 0.25) is 0 Å². The van der Waals surface area contributed by atoms with E-state index >= 15 is 0 Å². The molecule has 0 amide bonds. The molecule has 0 aliphatic rings. The number of hydrogen-bond donors (Lipinski definition) is 1. The van der Waals surface area contributed by atoms with Gasteiger partial charge in [0.15, 0.2) is 0 Å². The van der Waals surface area contributed by atoms with E-state index in [1.54, 1.807) is 19.1 Å². The molecular formula is C12H16BrF3N2. The van der Waals surface area contributed by atoms with E-state index in [9.17, 15) is 13.2 Å². The minimum Gasteiger partial charge on any atom is -0.363 e. The summed E-state index contributed by atoms with van der Waals surface area (Å²) in [4.78, 5) is 1.32. The van der Waals surface area contributed by atoms with Crippen molar-refractivity contribution in [2.75, 3.05) is 24.5 Å². The van der Waals surface area contributed by atoms with Gasteiger partial charge in [0.2, 0.25) is 0 Å². The summed E-state index contributed by atoms with van der Waals surface area (Å²) in [5, 5.41) is 0. The van der Waals surface area contributed by atoms with Gasteiger partial charge in [0.05, 0.1) is 0 Å². The molecule has 6 heteroatoms. The highest BCUT2D eigenvalue weighted by molar-refractivity contribution is 9.10. The molecule has 2 N–H and O–H groups in total. The average molecular weight is 325 g/mol. The fourth-order valence-electron chi connectivity index (χ4n) is 1.80. The topological polar surface area (TPSA) is 29.3 Å². The summed E-state index contributed by atoms with van der Waals surface area (Å²) in [5.41, 5.74) is 6.92. The molecule has 0 unspecified atom stereocenters. The van der Waals surface area contributed by atoms with Crippen LogP contribution in [-0.2, 0) is 6.42 Å². The van der Waals surface area contributed by atoms with Crippen LogP contribution >= 0.6 is 15.9 Å². The average Bonchev–Trinajstić information content (AvgIpc) is 2.26. The molecule has 0 bridgehead atoms. The van der Waals surface area contributed by atoms with Crippen LogP contribution < -0.4 is 10.6 Å². The second kappa shape index (κ2) is 6.43. The largest absolute Gasteiger partial charge is 0.405 e. The molecule has 0 heterocycles. The smallest absolute Gasteiger partial charge is 0.363 e. The highest BCUT2D eigenvalue weighted by Gasteiger charge is 2.30. The summed E-state index contributed by atoms with van der Waals surface area (Å²) < 4.78 is 38.3. The maximum absolute atomic E-state index is 12.5. The second-order valence-electron chi connectivity index (χ2n) is 3.94. The van der Waals surface area contributed by atoms with Gasteiger partial charge in [0.1, 0.15) is 6.54 Å². The third kappa shape index (κ3) is 4.49. The highest BCUT2D eigenvalue weighted by atomic mass is 79.9. The minimum atomic E-state index is -4.21. The first-order chi connectivity index (χ1) is 8.37. The second-order valence-corrected chi connectivity index (χ2v) is 4.86. The molecule has 2 nitrogen and oxygen atoms in total. The first-order valence-electron chi connectivity index (χ1n) is 5.67. The van der Waals surface area contributed by atoms with E-state index in [2.05, 4.69) is 15.9 Å². The molecular weight excluding hydrogens is 309 g/mol. The van der Waals surface area contributed by atoms with Crippen molar-refractivity contribution in [1.82, 2.24) is 0 Å². The Morgan fingerprint density at radius 2 is 2.00 bits per heavy atom. The van der Waals surface area contributed by atoms with Crippen molar-refractivity contribution < 1.29 is 13.2 Å². The molecule has 102 valence electrons. The summed E-state index contributed by atoms with van der Waals surface area (Å²) in [6.07, 6.45) is -3.65. The van der Waals surface area contributed by atoms with Crippen LogP contribution in [0.25, 0.3) is 0 Å². The predicted molar refractivity (Wildman–Crippen MR) is 70.8 cm³/mol. The van der Waals surface area contributed by atoms with Crippen LogP contribution in [0.5, 0.6) is 0 Å². The van der Waals surface area contributed by atoms with Gasteiger partial charge in [-0.1, -0.05) is 15.9 Å². The van der Waals surface area contributed by atoms with Crippen molar-refractivity contribution in [3.63, 3.8) is 0 Å². The highest BCUT2D eigenvalue weighted by Crippen LogP contribution is 2.28. The molecule has 0 saturated carbocycles. The van der Waals surface area contributed by atoms with Crippen LogP contribution in [0.1, 0.15) is 12.5 Å². The van der Waals surface area contributed by atoms with Crippen molar-refractivity contribution in [1.29, 1.82) is 0 Å². The number of benzene rings is 1. The molecule has 0 aliphatic heterocycles. The zero-order valence-corrected chi connectivity index (χ0v) is 11.7. The van der Waals surface area contributed by atoms with Gasteiger partial charge >= 0.3 is 6.18 Å². The number of hydrogen-bond acceptors (Lipinski definition) is 2. The zero-order chi connectivity index (χ0) is 13.8. The van der Waals surface area contributed by atoms with Crippen molar-refractivity contribution in [2.24, 2.45) is 5.73 Å². The van der Waals surface area contributed by atoms with Gasteiger partial charge in [-0.2, -0.15) is 13.2 Å². The number of nitrogens with zero attached hydrogens (tertiary/aromatic N) is 1. The van der Waals surface area contributed by atoms with Gasteiger partial charge < -0.3 is 10.6 Å². The summed E-state index contributed by atoms with van der Waals surface area (Å²) in [7, 11) is 0. The Labute approximate surface area is 113 Å². The monoisotopic (exact) mass is 324 g/mol. The molecule has 0 aliphatic carbocycles. The maximum Gasteiger partial charge on any atom is 0.405 e. The Kier molecular flexibility index (Phi) is 5.47. The molecule has 0 spiro atoms. The first-order valence-corrected chi connectivity index (χ1v) is 6.47. The van der Waals surface area contributed by atoms with Crippen LogP contribution in [0.3, 0.4) is 0 Å². The summed E-state index contributed by atoms with van der Waals surface area (Å²) >= 11 is 3.32. The molecule has 18 heavy (non-hydrogen) atoms. The van der Waals surface area contributed by atoms with Crippen molar-refractivity contribution in [3.05, 3.63) is 28.2 Å². The lowest BCUT2D eigenvalue weighted by Crippen LogP contribution is -2.34. The number of anilines is 1. The molecule has 0 radical (unpaired) electrons. The van der Waals surface area contributed by atoms with E-state index in [4.69, 9.17) is 5.73 Å². The van der Waals surface area contributed by atoms with Gasteiger partial charge in [-0.15, -0.1) is 0 Å². The molecule has 0 fully saturated rings. The van der Waals surface area contributed by atoms with Crippen molar-refractivity contribution in [2.45, 2.75) is 19.5 Å². The van der Waals surface area contributed by atoms with E-state index in [-0.39, 0.29) is 0 Å². The van der Waals surface area contributed by atoms with Crippen molar-refractivity contribution in [3.8, 4) is 0 Å². The molecule has 1 aromatic rings. The van der Waals surface area contributed by atoms with Crippen molar-refractivity contribution >= 4 is 21.6 Å². The number of halogens is 4. The van der Waals surface area contributed by atoms with Crippen LogP contribution in [0.15, 0.2) is 22.7 Å². The van der Waals surface area contributed by atoms with E-state index in [1.807, 2.05) is 6.07 Å². The Morgan fingerprint density at radius 3 is 2.50 bits per heavy atom. The Balaban J connectivity index is 3.04. The molecule has 0 atom stereocenters. The van der Waals surface area contributed by atoms with Gasteiger partial charge in [-0.3, -0.25) is 0 Å². The summed E-state index contributed by atoms with van der Waals surface area (Å²) in [6, 6.07) is 5.26. The lowest BCUT2D eigenvalue weighted by molar-refractivity contribution is -0.119. The van der Waals surface area contributed by atoms with E-state index in [0.29, 0.717) is 25.2 Å². The van der Waals surface area contributed by atoms with Gasteiger partial charge in [-0.25, -0.2) is 0 Å². The summed E-state index contributed by atoms with van der Waals surface area (Å²) in [5.74, 6) is 0. The van der Waals surface area contributed by atoms with E-state index in [0.717, 1.165) is 10.0 Å². The maximum atomic E-state index is 12.5. The standard InChI is InChI=1S/C12H16BrF3N2/c1-2-18(8-12(14,15)16)11-4-3-10(13)7-9(11)5-6-17/h3-4,7H,2,5-6,8,17H2,1H3. The number of nitrogens with two attached hydrogens (primary N) is 1. The first kappa shape index (κ1) is 15.3. The number of rotatable bonds is 5. The Bertz CT molecular complexity index is 393. The third-order valence-corrected chi connectivity index (χ3v) is 3.04. The lowest BCUT2D eigenvalue weighted by Gasteiger charge is -2.27. The number of alkyl halides is 3. The van der Waals surface area contributed by atoms with Crippen LogP contribution in [0.4, 0.5) is 18.9 Å². The quantitative estimate of drug-likeness (QED) is 0.900. The van der Waals surface area contributed by atoms with Gasteiger partial charge in [0, 0.05) is 16.7 Å². The molecule has 0 aromatic heterocycles. The fourth-order valence-corrected chi connectivity index (χ4v) is 2.21. The van der Waals surface area contributed by atoms with E-state index < -0.39 is 12.7 Å². The SMILES string of the molecule is CCN(CC(F)(F)F)c1ccc(Br)cc1CCN. The Hall–Kier alpha value is -0.750. The van der Waals surface area contributed by atoms with Crippen LogP contribution in [0, 0.1) is 0 Å². The lowest BCUT2D eigenvalue weighted by atomic mass is 10.1. The summed E-state index contributed by atoms with van der Waals surface area (Å²) in [6.45, 7) is 1.48. The molecule has 1 rings (SSSR count). The minimum absolute atomic E-state index is 0.304. The van der Waals surface area contributed by atoms with Gasteiger partial charge in [-0.05, 0) is 43.7 Å². The van der Waals surface area contributed by atoms with Gasteiger partial charge in [0.25, 0.3) is 0 Å². The normalized spacial score (nSPS) is 11.7. The van der Waals surface area contributed by atoms with E-state index in [1.165, 1.54) is 4.90 Å². The third-order valence-electron chi connectivity index (χ3n) is 2.55. The van der Waals surface area contributed by atoms with Crippen LogP contribution in [-0.4, -0.2) is 25.8 Å². The molecule has 1 aromatic carbocycles. The predicted octanol–water partition coefficient (Wildman–Crippen LogP) is 3.34. The fraction of sp³-hybridized carbons (Fsp3) is 0.500. The molecule has 0 saturated heterocycles. The Morgan fingerprint density at radius 1 is 1.33 bits per heavy atom.